The number of benzene rings is 1. The Morgan fingerprint density at radius 1 is 1.17 bits per heavy atom. The highest BCUT2D eigenvalue weighted by atomic mass is 35.5. The standard InChI is InChI=1S/C27H26ClFN4O3/c1-27(2)15-33(16-6-7-19(28)20(29)13-16)23-9-8-22(31-24(23)27)25(34)32-12-10-17(18(14-32)26(35)36)21-5-3-4-11-30-21/h3-9,11,13,17-18H,10,12,14-15H2,1-2H3,(H,35,36)/t17-,18-/m1/s1. The SMILES string of the molecule is CC1(C)CN(c2ccc(Cl)c(F)c2)c2ccc(C(=O)N3CC[C@@H](c4ccccn4)[C@H](C(=O)O)C3)nc21. The normalized spacial score (nSPS) is 20.8. The first-order chi connectivity index (χ1) is 17.2. The van der Waals surface area contributed by atoms with E-state index in [1.807, 2.05) is 36.9 Å². The summed E-state index contributed by atoms with van der Waals surface area (Å²) in [6.45, 7) is 5.12. The largest absolute Gasteiger partial charge is 0.481 e. The van der Waals surface area contributed by atoms with Gasteiger partial charge in [0.1, 0.15) is 11.5 Å². The van der Waals surface area contributed by atoms with Crippen LogP contribution in [0.2, 0.25) is 5.02 Å². The van der Waals surface area contributed by atoms with Gasteiger partial charge in [-0.25, -0.2) is 9.37 Å². The number of likely N-dealkylation sites (tertiary alicyclic amines) is 1. The topological polar surface area (TPSA) is 86.6 Å². The van der Waals surface area contributed by atoms with Crippen molar-refractivity contribution in [2.45, 2.75) is 31.6 Å². The molecule has 1 aromatic carbocycles. The molecular formula is C27H26ClFN4O3. The third-order valence-corrected chi connectivity index (χ3v) is 7.38. The summed E-state index contributed by atoms with van der Waals surface area (Å²) in [6.07, 6.45) is 2.16. The summed E-state index contributed by atoms with van der Waals surface area (Å²) in [4.78, 5) is 38.1. The summed E-state index contributed by atoms with van der Waals surface area (Å²) >= 11 is 5.86. The molecule has 3 aromatic rings. The van der Waals surface area contributed by atoms with Crippen molar-refractivity contribution in [3.05, 3.63) is 82.6 Å². The third kappa shape index (κ3) is 4.30. The molecule has 2 aromatic heterocycles. The second-order valence-corrected chi connectivity index (χ2v) is 10.4. The van der Waals surface area contributed by atoms with Crippen molar-refractivity contribution in [2.75, 3.05) is 24.5 Å². The van der Waals surface area contributed by atoms with Gasteiger partial charge >= 0.3 is 5.97 Å². The smallest absolute Gasteiger partial charge is 0.308 e. The summed E-state index contributed by atoms with van der Waals surface area (Å²) in [5, 5.41) is 9.95. The Labute approximate surface area is 213 Å². The highest BCUT2D eigenvalue weighted by molar-refractivity contribution is 6.30. The van der Waals surface area contributed by atoms with Gasteiger partial charge in [-0.1, -0.05) is 31.5 Å². The molecule has 0 bridgehead atoms. The van der Waals surface area contributed by atoms with Crippen LogP contribution in [0.25, 0.3) is 0 Å². The Kier molecular flexibility index (Phi) is 6.16. The molecule has 2 aliphatic heterocycles. The van der Waals surface area contributed by atoms with Crippen LogP contribution in [0.15, 0.2) is 54.7 Å². The van der Waals surface area contributed by atoms with E-state index in [1.165, 1.54) is 12.1 Å². The molecule has 1 saturated heterocycles. The minimum absolute atomic E-state index is 0.0583. The third-order valence-electron chi connectivity index (χ3n) is 7.08. The highest BCUT2D eigenvalue weighted by Gasteiger charge is 2.40. The zero-order valence-corrected chi connectivity index (χ0v) is 20.7. The lowest BCUT2D eigenvalue weighted by Gasteiger charge is -2.36. The summed E-state index contributed by atoms with van der Waals surface area (Å²) in [5.74, 6) is -2.75. The molecule has 9 heteroatoms. The van der Waals surface area contributed by atoms with Crippen LogP contribution in [0.5, 0.6) is 0 Å². The van der Waals surface area contributed by atoms with E-state index in [4.69, 9.17) is 16.6 Å². The van der Waals surface area contributed by atoms with Crippen molar-refractivity contribution in [3.8, 4) is 0 Å². The zero-order valence-electron chi connectivity index (χ0n) is 20.0. The fourth-order valence-corrected chi connectivity index (χ4v) is 5.34. The van der Waals surface area contributed by atoms with Gasteiger partial charge in [0.2, 0.25) is 0 Å². The van der Waals surface area contributed by atoms with Gasteiger partial charge in [0.05, 0.1) is 22.3 Å². The first-order valence-corrected chi connectivity index (χ1v) is 12.2. The number of carboxylic acid groups (broad SMARTS) is 1. The number of rotatable bonds is 4. The number of aliphatic carboxylic acids is 1. The number of halogens is 2. The van der Waals surface area contributed by atoms with Crippen LogP contribution in [-0.4, -0.2) is 51.5 Å². The minimum Gasteiger partial charge on any atom is -0.481 e. The molecule has 5 rings (SSSR count). The number of pyridine rings is 2. The molecule has 0 unspecified atom stereocenters. The van der Waals surface area contributed by atoms with Gasteiger partial charge in [-0.05, 0) is 48.9 Å². The van der Waals surface area contributed by atoms with Crippen LogP contribution in [0.4, 0.5) is 15.8 Å². The summed E-state index contributed by atoms with van der Waals surface area (Å²) in [6, 6.07) is 13.6. The average Bonchev–Trinajstić information content (AvgIpc) is 3.15. The van der Waals surface area contributed by atoms with E-state index in [0.717, 1.165) is 17.1 Å². The van der Waals surface area contributed by atoms with Crippen molar-refractivity contribution in [2.24, 2.45) is 5.92 Å². The van der Waals surface area contributed by atoms with E-state index in [1.54, 1.807) is 29.3 Å². The predicted octanol–water partition coefficient (Wildman–Crippen LogP) is 5.03. The molecule has 36 heavy (non-hydrogen) atoms. The van der Waals surface area contributed by atoms with Crippen molar-refractivity contribution in [3.63, 3.8) is 0 Å². The molecule has 0 aliphatic carbocycles. The van der Waals surface area contributed by atoms with Crippen molar-refractivity contribution >= 4 is 34.9 Å². The maximum absolute atomic E-state index is 14.1. The van der Waals surface area contributed by atoms with E-state index >= 15 is 0 Å². The molecular weight excluding hydrogens is 483 g/mol. The number of anilines is 2. The maximum atomic E-state index is 14.1. The fourth-order valence-electron chi connectivity index (χ4n) is 5.22. The molecule has 4 heterocycles. The molecule has 1 amide bonds. The van der Waals surface area contributed by atoms with E-state index in [-0.39, 0.29) is 29.1 Å². The van der Waals surface area contributed by atoms with E-state index in [2.05, 4.69) is 4.98 Å². The maximum Gasteiger partial charge on any atom is 0.308 e. The number of nitrogens with zero attached hydrogens (tertiary/aromatic N) is 4. The number of fused-ring (bicyclic) bond motifs is 1. The summed E-state index contributed by atoms with van der Waals surface area (Å²) in [7, 11) is 0. The Hall–Kier alpha value is -3.52. The minimum atomic E-state index is -0.947. The quantitative estimate of drug-likeness (QED) is 0.532. The number of carboxylic acids is 1. The number of aromatic nitrogens is 2. The van der Waals surface area contributed by atoms with Crippen LogP contribution in [0.1, 0.15) is 48.1 Å². The Bertz CT molecular complexity index is 1330. The number of hydrogen-bond acceptors (Lipinski definition) is 5. The Morgan fingerprint density at radius 3 is 2.67 bits per heavy atom. The lowest BCUT2D eigenvalue weighted by atomic mass is 9.82. The molecule has 7 nitrogen and oxygen atoms in total. The Morgan fingerprint density at radius 2 is 1.97 bits per heavy atom. The second-order valence-electron chi connectivity index (χ2n) is 9.98. The van der Waals surface area contributed by atoms with Crippen molar-refractivity contribution < 1.29 is 19.1 Å². The van der Waals surface area contributed by atoms with Crippen LogP contribution >= 0.6 is 11.6 Å². The first-order valence-electron chi connectivity index (χ1n) is 11.8. The molecule has 1 N–H and O–H groups in total. The van der Waals surface area contributed by atoms with Gasteiger partial charge in [0.25, 0.3) is 5.91 Å². The number of carbonyl (C=O) groups is 2. The van der Waals surface area contributed by atoms with Gasteiger partial charge in [-0.2, -0.15) is 0 Å². The predicted molar refractivity (Wildman–Crippen MR) is 134 cm³/mol. The Balaban J connectivity index is 1.41. The van der Waals surface area contributed by atoms with Gasteiger partial charge in [0, 0.05) is 48.5 Å². The van der Waals surface area contributed by atoms with Crippen molar-refractivity contribution in [1.82, 2.24) is 14.9 Å². The molecule has 186 valence electrons. The van der Waals surface area contributed by atoms with Gasteiger partial charge < -0.3 is 14.9 Å². The number of hydrogen-bond donors (Lipinski definition) is 1. The monoisotopic (exact) mass is 508 g/mol. The summed E-state index contributed by atoms with van der Waals surface area (Å²) < 4.78 is 14.1. The second kappa shape index (κ2) is 9.17. The lowest BCUT2D eigenvalue weighted by Crippen LogP contribution is -2.46. The zero-order chi connectivity index (χ0) is 25.6. The first kappa shape index (κ1) is 24.2. The van der Waals surface area contributed by atoms with Crippen LogP contribution in [0, 0.1) is 11.7 Å². The van der Waals surface area contributed by atoms with Gasteiger partial charge in [-0.3, -0.25) is 14.6 Å². The van der Waals surface area contributed by atoms with Crippen LogP contribution in [0.3, 0.4) is 0 Å². The highest BCUT2D eigenvalue weighted by Crippen LogP contribution is 2.44. The van der Waals surface area contributed by atoms with Gasteiger partial charge in [-0.15, -0.1) is 0 Å². The van der Waals surface area contributed by atoms with Crippen molar-refractivity contribution in [1.29, 1.82) is 0 Å². The molecule has 0 radical (unpaired) electrons. The number of piperidine rings is 1. The van der Waals surface area contributed by atoms with E-state index in [0.29, 0.717) is 25.2 Å². The molecule has 2 atom stereocenters. The van der Waals surface area contributed by atoms with Gasteiger partial charge in [0.15, 0.2) is 0 Å². The van der Waals surface area contributed by atoms with Crippen LogP contribution in [-0.2, 0) is 10.2 Å². The van der Waals surface area contributed by atoms with E-state index in [9.17, 15) is 19.1 Å². The number of carbonyl (C=O) groups excluding carboxylic acids is 1. The van der Waals surface area contributed by atoms with Crippen LogP contribution < -0.4 is 4.90 Å². The fraction of sp³-hybridized carbons (Fsp3) is 0.333. The number of amides is 1. The van der Waals surface area contributed by atoms with E-state index < -0.39 is 23.1 Å². The molecule has 2 aliphatic rings. The molecule has 1 fully saturated rings. The molecule has 0 saturated carbocycles. The average molecular weight is 509 g/mol. The summed E-state index contributed by atoms with van der Waals surface area (Å²) in [5.41, 5.74) is 2.81. The molecule has 0 spiro atoms. The lowest BCUT2D eigenvalue weighted by molar-refractivity contribution is -0.144.